The fraction of sp³-hybridized carbons (Fsp3) is 0.545. The Morgan fingerprint density at radius 2 is 2.07 bits per heavy atom. The first-order valence-electron chi connectivity index (χ1n) is 4.94. The van der Waals surface area contributed by atoms with Crippen LogP contribution in [0.1, 0.15) is 42.7 Å². The van der Waals surface area contributed by atoms with Crippen molar-refractivity contribution in [2.45, 2.75) is 39.7 Å². The van der Waals surface area contributed by atoms with Crippen LogP contribution >= 0.6 is 0 Å². The molecule has 1 heterocycles. The molecule has 0 fully saturated rings. The van der Waals surface area contributed by atoms with Gasteiger partial charge < -0.3 is 10.3 Å². The second-order valence-electron chi connectivity index (χ2n) is 3.69. The normalized spacial score (nSPS) is 12.9. The first-order valence-corrected chi connectivity index (χ1v) is 4.94. The highest BCUT2D eigenvalue weighted by atomic mass is 16.5. The molecule has 1 N–H and O–H groups in total. The maximum Gasteiger partial charge on any atom is 0.221 e. The lowest BCUT2D eigenvalue weighted by atomic mass is 10.1. The molecule has 0 amide bonds. The zero-order valence-electron chi connectivity index (χ0n) is 8.95. The van der Waals surface area contributed by atoms with E-state index < -0.39 is 6.10 Å². The summed E-state index contributed by atoms with van der Waals surface area (Å²) < 4.78 is 0.767. The van der Waals surface area contributed by atoms with Crippen LogP contribution in [0.2, 0.25) is 0 Å². The minimum atomic E-state index is -0.642. The average molecular weight is 195 g/mol. The van der Waals surface area contributed by atoms with Crippen LogP contribution in [-0.4, -0.2) is 5.11 Å². The number of hydrogen-bond donors (Lipinski definition) is 1. The van der Waals surface area contributed by atoms with Crippen molar-refractivity contribution in [2.75, 3.05) is 0 Å². The number of aliphatic hydroxyl groups excluding tert-OH is 1. The maximum atomic E-state index is 11.5. The molecule has 0 saturated carbocycles. The third-order valence-corrected chi connectivity index (χ3v) is 2.46. The average Bonchev–Trinajstić information content (AvgIpc) is 2.11. The Kier molecular flexibility index (Phi) is 3.47. The summed E-state index contributed by atoms with van der Waals surface area (Å²) in [5, 5.41) is 21.2. The van der Waals surface area contributed by atoms with Crippen LogP contribution in [-0.2, 0) is 0 Å². The zero-order valence-corrected chi connectivity index (χ0v) is 8.95. The van der Waals surface area contributed by atoms with E-state index in [2.05, 4.69) is 0 Å². The molecule has 1 atom stereocenters. The number of pyridine rings is 1. The van der Waals surface area contributed by atoms with Gasteiger partial charge in [0.25, 0.3) is 0 Å². The molecule has 3 heteroatoms. The monoisotopic (exact) mass is 195 g/mol. The number of hydrogen-bond acceptors (Lipinski definition) is 2. The van der Waals surface area contributed by atoms with Crippen molar-refractivity contribution >= 4 is 0 Å². The van der Waals surface area contributed by atoms with Crippen LogP contribution in [0.5, 0.6) is 0 Å². The first kappa shape index (κ1) is 11.0. The van der Waals surface area contributed by atoms with Gasteiger partial charge in [-0.05, 0) is 25.8 Å². The van der Waals surface area contributed by atoms with Crippen molar-refractivity contribution in [3.63, 3.8) is 0 Å². The first-order chi connectivity index (χ1) is 6.56. The summed E-state index contributed by atoms with van der Waals surface area (Å²) >= 11 is 0. The molecule has 0 aliphatic heterocycles. The minimum absolute atomic E-state index is 0.454. The van der Waals surface area contributed by atoms with Crippen molar-refractivity contribution in [3.05, 3.63) is 34.3 Å². The zero-order chi connectivity index (χ0) is 10.7. The highest BCUT2D eigenvalue weighted by molar-refractivity contribution is 5.21. The van der Waals surface area contributed by atoms with Gasteiger partial charge in [0.05, 0.1) is 0 Å². The van der Waals surface area contributed by atoms with Crippen LogP contribution in [0.25, 0.3) is 0 Å². The van der Waals surface area contributed by atoms with E-state index >= 15 is 0 Å². The number of aryl methyl sites for hydroxylation is 2. The van der Waals surface area contributed by atoms with Gasteiger partial charge in [0.15, 0.2) is 6.20 Å². The van der Waals surface area contributed by atoms with Crippen LogP contribution in [0.3, 0.4) is 0 Å². The molecule has 1 aromatic rings. The largest absolute Gasteiger partial charge is 0.618 e. The smallest absolute Gasteiger partial charge is 0.221 e. The Bertz CT molecular complexity index is 323. The molecule has 0 saturated heterocycles. The van der Waals surface area contributed by atoms with E-state index in [-0.39, 0.29) is 0 Å². The molecule has 78 valence electrons. The van der Waals surface area contributed by atoms with Gasteiger partial charge >= 0.3 is 0 Å². The van der Waals surface area contributed by atoms with E-state index in [0.717, 1.165) is 22.3 Å². The predicted molar refractivity (Wildman–Crippen MR) is 54.7 cm³/mol. The van der Waals surface area contributed by atoms with Crippen LogP contribution in [0, 0.1) is 19.1 Å². The molecule has 3 nitrogen and oxygen atoms in total. The molecule has 1 rings (SSSR count). The molecule has 0 aliphatic rings. The van der Waals surface area contributed by atoms with Gasteiger partial charge in [0.1, 0.15) is 6.10 Å². The molecule has 0 bridgehead atoms. The predicted octanol–water partition coefficient (Wildman–Crippen LogP) is 1.77. The molecule has 1 aromatic heterocycles. The Labute approximate surface area is 84.6 Å². The summed E-state index contributed by atoms with van der Waals surface area (Å²) in [6, 6.07) is 1.77. The lowest BCUT2D eigenvalue weighted by molar-refractivity contribution is -0.619. The van der Waals surface area contributed by atoms with Crippen LogP contribution in [0.4, 0.5) is 0 Å². The molecule has 0 aliphatic carbocycles. The standard InChI is InChI=1S/C11H17NO2/c1-4-5-11(13)10-6-8(2)9(3)7-12(10)14/h6-7,11,13H,4-5H2,1-3H3. The molecule has 1 unspecified atom stereocenters. The fourth-order valence-corrected chi connectivity index (χ4v) is 1.42. The quantitative estimate of drug-likeness (QED) is 0.590. The van der Waals surface area contributed by atoms with Gasteiger partial charge in [-0.2, -0.15) is 4.73 Å². The van der Waals surface area contributed by atoms with E-state index in [9.17, 15) is 10.3 Å². The summed E-state index contributed by atoms with van der Waals surface area (Å²) in [6.07, 6.45) is 2.37. The van der Waals surface area contributed by atoms with Crippen molar-refractivity contribution in [2.24, 2.45) is 0 Å². The van der Waals surface area contributed by atoms with Crippen molar-refractivity contribution < 1.29 is 9.84 Å². The summed E-state index contributed by atoms with van der Waals surface area (Å²) in [5.74, 6) is 0. The maximum absolute atomic E-state index is 11.5. The highest BCUT2D eigenvalue weighted by Gasteiger charge is 2.16. The van der Waals surface area contributed by atoms with Gasteiger partial charge in [0, 0.05) is 11.6 Å². The molecular formula is C11H17NO2. The summed E-state index contributed by atoms with van der Waals surface area (Å²) in [5.41, 5.74) is 2.45. The van der Waals surface area contributed by atoms with Crippen LogP contribution < -0.4 is 4.73 Å². The van der Waals surface area contributed by atoms with Gasteiger partial charge in [-0.25, -0.2) is 0 Å². The van der Waals surface area contributed by atoms with Crippen molar-refractivity contribution in [3.8, 4) is 0 Å². The number of aromatic nitrogens is 1. The van der Waals surface area contributed by atoms with Gasteiger partial charge in [-0.1, -0.05) is 13.3 Å². The Hall–Kier alpha value is -1.09. The molecular weight excluding hydrogens is 178 g/mol. The Morgan fingerprint density at radius 3 is 2.64 bits per heavy atom. The van der Waals surface area contributed by atoms with Gasteiger partial charge in [-0.15, -0.1) is 0 Å². The summed E-state index contributed by atoms with van der Waals surface area (Å²) in [6.45, 7) is 5.82. The number of aliphatic hydroxyl groups is 1. The van der Waals surface area contributed by atoms with Gasteiger partial charge in [0.2, 0.25) is 5.69 Å². The Balaban J connectivity index is 3.02. The van der Waals surface area contributed by atoms with E-state index in [0.29, 0.717) is 12.1 Å². The lowest BCUT2D eigenvalue weighted by Crippen LogP contribution is -2.34. The molecule has 0 spiro atoms. The molecule has 0 aromatic carbocycles. The Morgan fingerprint density at radius 1 is 1.43 bits per heavy atom. The SMILES string of the molecule is CCCC(O)c1cc(C)c(C)c[n+]1[O-]. The topological polar surface area (TPSA) is 47.2 Å². The van der Waals surface area contributed by atoms with E-state index in [1.165, 1.54) is 6.20 Å². The minimum Gasteiger partial charge on any atom is -0.618 e. The third kappa shape index (κ3) is 2.23. The molecule has 14 heavy (non-hydrogen) atoms. The second-order valence-corrected chi connectivity index (χ2v) is 3.69. The number of rotatable bonds is 3. The fourth-order valence-electron chi connectivity index (χ4n) is 1.42. The van der Waals surface area contributed by atoms with E-state index in [1.54, 1.807) is 6.07 Å². The summed E-state index contributed by atoms with van der Waals surface area (Å²) in [7, 11) is 0. The van der Waals surface area contributed by atoms with Crippen molar-refractivity contribution in [1.29, 1.82) is 0 Å². The summed E-state index contributed by atoms with van der Waals surface area (Å²) in [4.78, 5) is 0. The third-order valence-electron chi connectivity index (χ3n) is 2.46. The highest BCUT2D eigenvalue weighted by Crippen LogP contribution is 2.16. The lowest BCUT2D eigenvalue weighted by Gasteiger charge is -2.11. The number of nitrogens with zero attached hydrogens (tertiary/aromatic N) is 1. The van der Waals surface area contributed by atoms with Crippen molar-refractivity contribution in [1.82, 2.24) is 0 Å². The van der Waals surface area contributed by atoms with Crippen LogP contribution in [0.15, 0.2) is 12.3 Å². The van der Waals surface area contributed by atoms with E-state index in [4.69, 9.17) is 0 Å². The van der Waals surface area contributed by atoms with Gasteiger partial charge in [-0.3, -0.25) is 0 Å². The van der Waals surface area contributed by atoms with E-state index in [1.807, 2.05) is 20.8 Å². The second kappa shape index (κ2) is 4.42. The molecule has 0 radical (unpaired) electrons.